The van der Waals surface area contributed by atoms with Crippen LogP contribution in [0, 0.1) is 5.41 Å². The number of likely N-dealkylation sites (tertiary alicyclic amines) is 1. The maximum absolute atomic E-state index is 12.6. The molecule has 2 aliphatic rings. The second kappa shape index (κ2) is 6.16. The molecule has 1 saturated carbocycles. The van der Waals surface area contributed by atoms with Crippen molar-refractivity contribution in [2.24, 2.45) is 16.3 Å². The van der Waals surface area contributed by atoms with Crippen molar-refractivity contribution >= 4 is 22.1 Å². The van der Waals surface area contributed by atoms with E-state index in [0.29, 0.717) is 28.2 Å². The molecule has 148 valence electrons. The molecule has 5 N–H and O–H groups in total. The summed E-state index contributed by atoms with van der Waals surface area (Å²) in [5.74, 6) is -1.50. The average Bonchev–Trinajstić information content (AvgIpc) is 3.02. The quantitative estimate of drug-likeness (QED) is 0.674. The van der Waals surface area contributed by atoms with Crippen LogP contribution in [0.3, 0.4) is 0 Å². The van der Waals surface area contributed by atoms with E-state index in [1.165, 1.54) is 6.07 Å². The third kappa shape index (κ3) is 2.99. The Kier molecular flexibility index (Phi) is 4.11. The van der Waals surface area contributed by atoms with Crippen LogP contribution in [0.2, 0.25) is 0 Å². The SMILES string of the molecule is NC1CC2(C1)CN(C(=O)c1ccc(-c3ccn(S(N)(=O)=O)c3C(=O)O)cc1)C2. The minimum Gasteiger partial charge on any atom is -0.477 e. The van der Waals surface area contributed by atoms with Crippen LogP contribution in [0.15, 0.2) is 36.5 Å². The lowest BCUT2D eigenvalue weighted by Gasteiger charge is -2.58. The topological polar surface area (TPSA) is 149 Å². The Bertz CT molecular complexity index is 1060. The molecule has 1 saturated heterocycles. The molecule has 4 rings (SSSR count). The summed E-state index contributed by atoms with van der Waals surface area (Å²) in [6.45, 7) is 1.42. The fourth-order valence-electron chi connectivity index (χ4n) is 4.26. The van der Waals surface area contributed by atoms with Crippen LogP contribution < -0.4 is 10.9 Å². The van der Waals surface area contributed by atoms with Crippen molar-refractivity contribution in [2.45, 2.75) is 18.9 Å². The Hall–Kier alpha value is -2.69. The number of nitrogens with zero attached hydrogens (tertiary/aromatic N) is 2. The lowest BCUT2D eigenvalue weighted by molar-refractivity contribution is -0.0532. The first kappa shape index (κ1) is 18.7. The molecule has 1 aromatic carbocycles. The van der Waals surface area contributed by atoms with Gasteiger partial charge in [0.25, 0.3) is 5.91 Å². The summed E-state index contributed by atoms with van der Waals surface area (Å²) >= 11 is 0. The Morgan fingerprint density at radius 2 is 1.71 bits per heavy atom. The summed E-state index contributed by atoms with van der Waals surface area (Å²) in [6, 6.07) is 8.01. The molecule has 2 fully saturated rings. The number of carboxylic acid groups (broad SMARTS) is 1. The number of hydrogen-bond donors (Lipinski definition) is 3. The normalized spacial score (nSPS) is 18.6. The van der Waals surface area contributed by atoms with E-state index in [1.54, 1.807) is 29.2 Å². The van der Waals surface area contributed by atoms with E-state index in [-0.39, 0.29) is 22.9 Å². The number of rotatable bonds is 4. The van der Waals surface area contributed by atoms with Crippen molar-refractivity contribution in [3.05, 3.63) is 47.8 Å². The standard InChI is InChI=1S/C18H20N4O5S/c19-13-7-18(8-13)9-21(10-18)16(23)12-3-1-11(2-4-12)14-5-6-22(28(20,26)27)15(14)17(24)25/h1-6,13H,7-10,19H2,(H,24,25)(H2,20,26,27). The molecule has 0 unspecified atom stereocenters. The summed E-state index contributed by atoms with van der Waals surface area (Å²) in [5, 5.41) is 14.5. The van der Waals surface area contributed by atoms with Crippen molar-refractivity contribution in [3.8, 4) is 11.1 Å². The first-order valence-corrected chi connectivity index (χ1v) is 10.2. The Balaban J connectivity index is 1.55. The molecule has 1 aliphatic heterocycles. The summed E-state index contributed by atoms with van der Waals surface area (Å²) in [5.41, 5.74) is 6.75. The van der Waals surface area contributed by atoms with Gasteiger partial charge >= 0.3 is 16.2 Å². The van der Waals surface area contributed by atoms with Crippen LogP contribution in [0.4, 0.5) is 0 Å². The highest BCUT2D eigenvalue weighted by atomic mass is 32.2. The lowest BCUT2D eigenvalue weighted by Crippen LogP contribution is -2.66. The van der Waals surface area contributed by atoms with Gasteiger partial charge in [0, 0.05) is 41.9 Å². The van der Waals surface area contributed by atoms with E-state index in [4.69, 9.17) is 10.9 Å². The van der Waals surface area contributed by atoms with Gasteiger partial charge < -0.3 is 15.7 Å². The number of benzene rings is 1. The van der Waals surface area contributed by atoms with Gasteiger partial charge in [-0.25, -0.2) is 13.9 Å². The van der Waals surface area contributed by atoms with E-state index < -0.39 is 21.9 Å². The van der Waals surface area contributed by atoms with Crippen LogP contribution >= 0.6 is 0 Å². The van der Waals surface area contributed by atoms with Gasteiger partial charge in [0.15, 0.2) is 5.69 Å². The highest BCUT2D eigenvalue weighted by Crippen LogP contribution is 2.47. The van der Waals surface area contributed by atoms with Gasteiger partial charge in [0.05, 0.1) is 0 Å². The molecule has 9 nitrogen and oxygen atoms in total. The fraction of sp³-hybridized carbons (Fsp3) is 0.333. The second-order valence-corrected chi connectivity index (χ2v) is 9.05. The van der Waals surface area contributed by atoms with Crippen molar-refractivity contribution < 1.29 is 23.1 Å². The molecule has 0 bridgehead atoms. The van der Waals surface area contributed by atoms with E-state index in [1.807, 2.05) is 0 Å². The van der Waals surface area contributed by atoms with Gasteiger partial charge in [-0.05, 0) is 36.6 Å². The summed E-state index contributed by atoms with van der Waals surface area (Å²) in [4.78, 5) is 25.9. The minimum absolute atomic E-state index is 0.0850. The van der Waals surface area contributed by atoms with Crippen molar-refractivity contribution in [1.29, 1.82) is 0 Å². The zero-order valence-electron chi connectivity index (χ0n) is 14.9. The number of hydrogen-bond acceptors (Lipinski definition) is 5. The Labute approximate surface area is 161 Å². The van der Waals surface area contributed by atoms with E-state index >= 15 is 0 Å². The van der Waals surface area contributed by atoms with Crippen LogP contribution in [-0.2, 0) is 10.2 Å². The number of carbonyl (C=O) groups excluding carboxylic acids is 1. The van der Waals surface area contributed by atoms with Crippen LogP contribution in [0.1, 0.15) is 33.7 Å². The fourth-order valence-corrected chi connectivity index (χ4v) is 4.92. The zero-order valence-corrected chi connectivity index (χ0v) is 15.7. The molecule has 28 heavy (non-hydrogen) atoms. The predicted molar refractivity (Wildman–Crippen MR) is 101 cm³/mol. The molecule has 1 amide bonds. The summed E-state index contributed by atoms with van der Waals surface area (Å²) in [7, 11) is -4.24. The maximum Gasteiger partial charge on any atom is 0.354 e. The molecule has 0 radical (unpaired) electrons. The molecule has 2 heterocycles. The lowest BCUT2D eigenvalue weighted by atomic mass is 9.61. The van der Waals surface area contributed by atoms with Gasteiger partial charge in [0.1, 0.15) is 0 Å². The number of carboxylic acids is 1. The molecule has 10 heteroatoms. The monoisotopic (exact) mass is 404 g/mol. The maximum atomic E-state index is 12.6. The Morgan fingerprint density at radius 3 is 2.21 bits per heavy atom. The number of aromatic carboxylic acids is 1. The first-order valence-electron chi connectivity index (χ1n) is 8.73. The van der Waals surface area contributed by atoms with Crippen molar-refractivity contribution in [2.75, 3.05) is 13.1 Å². The number of amides is 1. The smallest absolute Gasteiger partial charge is 0.354 e. The number of aromatic nitrogens is 1. The summed E-state index contributed by atoms with van der Waals surface area (Å²) in [6.07, 6.45) is 3.00. The molecule has 1 aliphatic carbocycles. The van der Waals surface area contributed by atoms with Crippen LogP contribution in [-0.4, -0.2) is 53.4 Å². The predicted octanol–water partition coefficient (Wildman–Crippen LogP) is 0.468. The van der Waals surface area contributed by atoms with Gasteiger partial charge in [-0.2, -0.15) is 8.42 Å². The molecular weight excluding hydrogens is 384 g/mol. The third-order valence-corrected chi connectivity index (χ3v) is 6.35. The van der Waals surface area contributed by atoms with Gasteiger partial charge in [0.2, 0.25) is 0 Å². The summed E-state index contributed by atoms with van der Waals surface area (Å²) < 4.78 is 23.7. The van der Waals surface area contributed by atoms with E-state index in [9.17, 15) is 23.1 Å². The van der Waals surface area contributed by atoms with E-state index in [0.717, 1.165) is 19.0 Å². The zero-order chi connectivity index (χ0) is 20.3. The molecule has 1 spiro atoms. The van der Waals surface area contributed by atoms with Gasteiger partial charge in [-0.1, -0.05) is 12.1 Å². The highest BCUT2D eigenvalue weighted by molar-refractivity contribution is 7.87. The number of nitrogens with two attached hydrogens (primary N) is 2. The van der Waals surface area contributed by atoms with Crippen molar-refractivity contribution in [3.63, 3.8) is 0 Å². The third-order valence-electron chi connectivity index (χ3n) is 5.50. The van der Waals surface area contributed by atoms with E-state index in [2.05, 4.69) is 0 Å². The van der Waals surface area contributed by atoms with Gasteiger partial charge in [-0.15, -0.1) is 0 Å². The second-order valence-electron chi connectivity index (χ2n) is 7.63. The Morgan fingerprint density at radius 1 is 1.11 bits per heavy atom. The minimum atomic E-state index is -4.24. The molecule has 2 aromatic rings. The first-order chi connectivity index (χ1) is 13.1. The van der Waals surface area contributed by atoms with Crippen molar-refractivity contribution in [1.82, 2.24) is 8.87 Å². The molecule has 0 atom stereocenters. The van der Waals surface area contributed by atoms with Crippen LogP contribution in [0.25, 0.3) is 11.1 Å². The largest absolute Gasteiger partial charge is 0.477 e. The van der Waals surface area contributed by atoms with Crippen LogP contribution in [0.5, 0.6) is 0 Å². The van der Waals surface area contributed by atoms with Gasteiger partial charge in [-0.3, -0.25) is 4.79 Å². The molecular formula is C18H20N4O5S. The average molecular weight is 404 g/mol. The highest BCUT2D eigenvalue weighted by Gasteiger charge is 2.52. The number of carbonyl (C=O) groups is 2. The molecule has 1 aromatic heterocycles.